The molecule has 0 unspecified atom stereocenters. The van der Waals surface area contributed by atoms with Crippen molar-refractivity contribution >= 4 is 6.03 Å². The average molecular weight is 212 g/mol. The molecular formula is C10H20N4O. The lowest BCUT2D eigenvalue weighted by molar-refractivity contribution is 0.181. The van der Waals surface area contributed by atoms with Crippen LogP contribution >= 0.6 is 0 Å². The number of urea groups is 1. The Balaban J connectivity index is 1.67. The summed E-state index contributed by atoms with van der Waals surface area (Å²) < 4.78 is 0. The fourth-order valence-corrected chi connectivity index (χ4v) is 2.16. The van der Waals surface area contributed by atoms with Gasteiger partial charge in [0.2, 0.25) is 0 Å². The van der Waals surface area contributed by atoms with Gasteiger partial charge in [-0.05, 0) is 25.9 Å². The third-order valence-corrected chi connectivity index (χ3v) is 3.26. The summed E-state index contributed by atoms with van der Waals surface area (Å²) in [6.07, 6.45) is 2.18. The third-order valence-electron chi connectivity index (χ3n) is 3.26. The molecule has 0 bridgehead atoms. The minimum Gasteiger partial charge on any atom is -0.336 e. The molecule has 86 valence electrons. The first-order chi connectivity index (χ1) is 7.25. The smallest absolute Gasteiger partial charge is 0.317 e. The number of carbonyl (C=O) groups is 1. The summed E-state index contributed by atoms with van der Waals surface area (Å²) >= 11 is 0. The molecule has 2 rings (SSSR count). The van der Waals surface area contributed by atoms with Crippen LogP contribution in [0.15, 0.2) is 0 Å². The van der Waals surface area contributed by atoms with Crippen LogP contribution in [-0.4, -0.2) is 61.1 Å². The van der Waals surface area contributed by atoms with Crippen molar-refractivity contribution < 1.29 is 4.79 Å². The van der Waals surface area contributed by atoms with Gasteiger partial charge in [0.1, 0.15) is 0 Å². The first-order valence-electron chi connectivity index (χ1n) is 5.76. The van der Waals surface area contributed by atoms with Gasteiger partial charge in [-0.15, -0.1) is 0 Å². The number of hydrogen-bond acceptors (Lipinski definition) is 3. The van der Waals surface area contributed by atoms with Gasteiger partial charge in [-0.25, -0.2) is 4.79 Å². The second kappa shape index (κ2) is 4.81. The van der Waals surface area contributed by atoms with E-state index >= 15 is 0 Å². The monoisotopic (exact) mass is 212 g/mol. The van der Waals surface area contributed by atoms with E-state index in [-0.39, 0.29) is 6.03 Å². The van der Waals surface area contributed by atoms with Gasteiger partial charge in [-0.3, -0.25) is 0 Å². The van der Waals surface area contributed by atoms with E-state index in [9.17, 15) is 4.79 Å². The van der Waals surface area contributed by atoms with E-state index in [4.69, 9.17) is 5.73 Å². The van der Waals surface area contributed by atoms with Crippen molar-refractivity contribution in [1.29, 1.82) is 0 Å². The third kappa shape index (κ3) is 2.82. The van der Waals surface area contributed by atoms with Crippen LogP contribution in [0.2, 0.25) is 0 Å². The van der Waals surface area contributed by atoms with Crippen LogP contribution in [0, 0.1) is 0 Å². The molecule has 2 saturated heterocycles. The molecule has 2 amide bonds. The molecule has 2 fully saturated rings. The Morgan fingerprint density at radius 3 is 2.60 bits per heavy atom. The zero-order chi connectivity index (χ0) is 10.7. The van der Waals surface area contributed by atoms with E-state index in [2.05, 4.69) is 10.2 Å². The molecule has 0 aromatic carbocycles. The molecule has 3 N–H and O–H groups in total. The quantitative estimate of drug-likeness (QED) is 0.659. The maximum atomic E-state index is 11.3. The Hall–Kier alpha value is -0.810. The number of piperidine rings is 1. The van der Waals surface area contributed by atoms with Crippen molar-refractivity contribution in [3.8, 4) is 0 Å². The second-order valence-electron chi connectivity index (χ2n) is 4.40. The first-order valence-corrected chi connectivity index (χ1v) is 5.76. The van der Waals surface area contributed by atoms with Crippen LogP contribution in [0.4, 0.5) is 4.79 Å². The van der Waals surface area contributed by atoms with E-state index in [0.717, 1.165) is 52.1 Å². The van der Waals surface area contributed by atoms with E-state index in [1.54, 1.807) is 0 Å². The lowest BCUT2D eigenvalue weighted by atomic mass is 10.1. The molecule has 5 heteroatoms. The Morgan fingerprint density at radius 1 is 1.27 bits per heavy atom. The number of nitrogens with one attached hydrogen (secondary N) is 1. The lowest BCUT2D eigenvalue weighted by Crippen LogP contribution is -2.43. The number of nitrogens with zero attached hydrogens (tertiary/aromatic N) is 2. The number of likely N-dealkylation sites (tertiary alicyclic amines) is 1. The summed E-state index contributed by atoms with van der Waals surface area (Å²) in [7, 11) is 0. The molecule has 15 heavy (non-hydrogen) atoms. The number of amides is 2. The maximum Gasteiger partial charge on any atom is 0.317 e. The zero-order valence-electron chi connectivity index (χ0n) is 9.11. The minimum atomic E-state index is 0.0868. The molecule has 0 radical (unpaired) electrons. The van der Waals surface area contributed by atoms with Crippen LogP contribution in [0.5, 0.6) is 0 Å². The molecule has 0 aromatic heterocycles. The topological polar surface area (TPSA) is 61.6 Å². The number of rotatable bonds is 3. The van der Waals surface area contributed by atoms with E-state index in [0.29, 0.717) is 6.04 Å². The Morgan fingerprint density at radius 2 is 2.00 bits per heavy atom. The summed E-state index contributed by atoms with van der Waals surface area (Å²) in [6, 6.07) is 0.472. The highest BCUT2D eigenvalue weighted by Gasteiger charge is 2.21. The summed E-state index contributed by atoms with van der Waals surface area (Å²) in [6.45, 7) is 5.64. The summed E-state index contributed by atoms with van der Waals surface area (Å²) in [5, 5.41) is 2.81. The Bertz CT molecular complexity index is 225. The fourth-order valence-electron chi connectivity index (χ4n) is 2.16. The predicted octanol–water partition coefficient (Wildman–Crippen LogP) is -0.565. The van der Waals surface area contributed by atoms with Gasteiger partial charge >= 0.3 is 6.03 Å². The van der Waals surface area contributed by atoms with Crippen LogP contribution < -0.4 is 11.1 Å². The zero-order valence-corrected chi connectivity index (χ0v) is 9.11. The van der Waals surface area contributed by atoms with Crippen molar-refractivity contribution in [2.45, 2.75) is 18.9 Å². The highest BCUT2D eigenvalue weighted by Crippen LogP contribution is 2.08. The normalized spacial score (nSPS) is 24.6. The van der Waals surface area contributed by atoms with Gasteiger partial charge in [-0.2, -0.15) is 0 Å². The van der Waals surface area contributed by atoms with Crippen LogP contribution in [0.3, 0.4) is 0 Å². The van der Waals surface area contributed by atoms with Gasteiger partial charge < -0.3 is 20.9 Å². The molecular weight excluding hydrogens is 192 g/mol. The largest absolute Gasteiger partial charge is 0.336 e. The van der Waals surface area contributed by atoms with E-state index in [1.165, 1.54) is 0 Å². The van der Waals surface area contributed by atoms with Crippen LogP contribution in [0.25, 0.3) is 0 Å². The molecule has 0 atom stereocenters. The molecule has 2 heterocycles. The van der Waals surface area contributed by atoms with Gasteiger partial charge in [0, 0.05) is 32.2 Å². The summed E-state index contributed by atoms with van der Waals surface area (Å²) in [4.78, 5) is 15.6. The highest BCUT2D eigenvalue weighted by molar-refractivity contribution is 5.76. The SMILES string of the molecule is NC1CCN(CCN2CCNC2=O)CC1. The van der Waals surface area contributed by atoms with Crippen LogP contribution in [-0.2, 0) is 0 Å². The molecule has 2 aliphatic rings. The fraction of sp³-hybridized carbons (Fsp3) is 0.900. The van der Waals surface area contributed by atoms with E-state index in [1.807, 2.05) is 4.90 Å². The second-order valence-corrected chi connectivity index (χ2v) is 4.40. The summed E-state index contributed by atoms with van der Waals surface area (Å²) in [5.74, 6) is 0. The number of hydrogen-bond donors (Lipinski definition) is 2. The molecule has 0 saturated carbocycles. The van der Waals surface area contributed by atoms with Crippen LogP contribution in [0.1, 0.15) is 12.8 Å². The number of nitrogens with two attached hydrogens (primary N) is 1. The van der Waals surface area contributed by atoms with Gasteiger partial charge in [0.15, 0.2) is 0 Å². The van der Waals surface area contributed by atoms with Crippen molar-refractivity contribution in [3.05, 3.63) is 0 Å². The number of carbonyl (C=O) groups excluding carboxylic acids is 1. The first kappa shape index (κ1) is 10.7. The van der Waals surface area contributed by atoms with Crippen molar-refractivity contribution in [3.63, 3.8) is 0 Å². The average Bonchev–Trinajstić information content (AvgIpc) is 2.63. The lowest BCUT2D eigenvalue weighted by Gasteiger charge is -2.31. The molecule has 5 nitrogen and oxygen atoms in total. The summed E-state index contributed by atoms with van der Waals surface area (Å²) in [5.41, 5.74) is 5.84. The van der Waals surface area contributed by atoms with Crippen molar-refractivity contribution in [1.82, 2.24) is 15.1 Å². The van der Waals surface area contributed by atoms with Gasteiger partial charge in [-0.1, -0.05) is 0 Å². The van der Waals surface area contributed by atoms with Gasteiger partial charge in [0.05, 0.1) is 0 Å². The Labute approximate surface area is 90.6 Å². The molecule has 0 aromatic rings. The van der Waals surface area contributed by atoms with Gasteiger partial charge in [0.25, 0.3) is 0 Å². The molecule has 0 spiro atoms. The molecule has 0 aliphatic carbocycles. The van der Waals surface area contributed by atoms with Crippen molar-refractivity contribution in [2.75, 3.05) is 39.3 Å². The maximum absolute atomic E-state index is 11.3. The highest BCUT2D eigenvalue weighted by atomic mass is 16.2. The van der Waals surface area contributed by atoms with Crippen molar-refractivity contribution in [2.24, 2.45) is 5.73 Å². The molecule has 2 aliphatic heterocycles. The van der Waals surface area contributed by atoms with E-state index < -0.39 is 0 Å². The Kier molecular flexibility index (Phi) is 3.43. The predicted molar refractivity (Wildman–Crippen MR) is 58.6 cm³/mol. The standard InChI is InChI=1S/C10H20N4O/c11-9-1-4-13(5-2-9)7-8-14-6-3-12-10(14)15/h9H,1-8,11H2,(H,12,15). The minimum absolute atomic E-state index is 0.0868.